The molecule has 3 rings (SSSR count). The van der Waals surface area contributed by atoms with Crippen molar-refractivity contribution in [2.45, 2.75) is 19.5 Å². The summed E-state index contributed by atoms with van der Waals surface area (Å²) in [7, 11) is 3.79. The normalized spacial score (nSPS) is 19.3. The minimum Gasteiger partial charge on any atom is -0.496 e. The molecule has 0 amide bonds. The van der Waals surface area contributed by atoms with Crippen LogP contribution in [0.5, 0.6) is 5.75 Å². The quantitative estimate of drug-likeness (QED) is 0.936. The lowest BCUT2D eigenvalue weighted by Crippen LogP contribution is -2.46. The topological polar surface area (TPSA) is 42.3 Å². The number of aryl methyl sites for hydroxylation is 2. The van der Waals surface area contributed by atoms with E-state index < -0.39 is 0 Å². The molecule has 1 unspecified atom stereocenters. The van der Waals surface area contributed by atoms with Gasteiger partial charge in [0.1, 0.15) is 11.6 Å². The molecule has 1 N–H and O–H groups in total. The first kappa shape index (κ1) is 15.1. The van der Waals surface area contributed by atoms with Gasteiger partial charge in [0.05, 0.1) is 13.2 Å². The predicted molar refractivity (Wildman–Crippen MR) is 87.0 cm³/mol. The van der Waals surface area contributed by atoms with E-state index in [1.807, 2.05) is 12.4 Å². The molecule has 2 aromatic rings. The van der Waals surface area contributed by atoms with Gasteiger partial charge in [0, 0.05) is 45.6 Å². The molecular formula is C17H24N4O. The fourth-order valence-electron chi connectivity index (χ4n) is 3.09. The van der Waals surface area contributed by atoms with Crippen LogP contribution in [0.15, 0.2) is 30.6 Å². The van der Waals surface area contributed by atoms with Crippen LogP contribution in [0, 0.1) is 6.92 Å². The molecule has 0 saturated carbocycles. The van der Waals surface area contributed by atoms with Crippen molar-refractivity contribution >= 4 is 0 Å². The summed E-state index contributed by atoms with van der Waals surface area (Å²) in [4.78, 5) is 7.02. The van der Waals surface area contributed by atoms with E-state index in [0.29, 0.717) is 6.04 Å². The van der Waals surface area contributed by atoms with Gasteiger partial charge in [-0.3, -0.25) is 4.90 Å². The van der Waals surface area contributed by atoms with Gasteiger partial charge in [-0.25, -0.2) is 4.98 Å². The summed E-state index contributed by atoms with van der Waals surface area (Å²) in [5.74, 6) is 2.08. The fourth-order valence-corrected chi connectivity index (χ4v) is 3.09. The number of rotatable bonds is 4. The summed E-state index contributed by atoms with van der Waals surface area (Å²) < 4.78 is 7.56. The number of hydrogen-bond acceptors (Lipinski definition) is 4. The molecule has 5 heteroatoms. The molecule has 1 aliphatic rings. The second-order valence-corrected chi connectivity index (χ2v) is 5.89. The lowest BCUT2D eigenvalue weighted by atomic mass is 10.1. The summed E-state index contributed by atoms with van der Waals surface area (Å²) in [6.07, 6.45) is 3.88. The first-order chi connectivity index (χ1) is 10.7. The highest BCUT2D eigenvalue weighted by Gasteiger charge is 2.26. The zero-order chi connectivity index (χ0) is 15.5. The molecule has 1 atom stereocenters. The van der Waals surface area contributed by atoms with Gasteiger partial charge < -0.3 is 14.6 Å². The molecule has 0 spiro atoms. The highest BCUT2D eigenvalue weighted by molar-refractivity contribution is 5.36. The van der Waals surface area contributed by atoms with E-state index >= 15 is 0 Å². The van der Waals surface area contributed by atoms with Gasteiger partial charge in [0.2, 0.25) is 0 Å². The highest BCUT2D eigenvalue weighted by atomic mass is 16.5. The van der Waals surface area contributed by atoms with Gasteiger partial charge in [-0.15, -0.1) is 0 Å². The van der Waals surface area contributed by atoms with Crippen LogP contribution in [-0.2, 0) is 13.6 Å². The Morgan fingerprint density at radius 2 is 2.27 bits per heavy atom. The van der Waals surface area contributed by atoms with Crippen molar-refractivity contribution in [3.63, 3.8) is 0 Å². The van der Waals surface area contributed by atoms with E-state index in [1.54, 1.807) is 7.11 Å². The third kappa shape index (κ3) is 3.00. The fraction of sp³-hybridized carbons (Fsp3) is 0.471. The molecule has 1 aromatic carbocycles. The summed E-state index contributed by atoms with van der Waals surface area (Å²) in [5.41, 5.74) is 2.45. The van der Waals surface area contributed by atoms with E-state index in [0.717, 1.165) is 37.8 Å². The van der Waals surface area contributed by atoms with Gasteiger partial charge in [0.25, 0.3) is 0 Å². The molecule has 0 radical (unpaired) electrons. The van der Waals surface area contributed by atoms with Crippen molar-refractivity contribution in [3.05, 3.63) is 47.5 Å². The molecule has 0 bridgehead atoms. The van der Waals surface area contributed by atoms with Crippen LogP contribution < -0.4 is 10.1 Å². The first-order valence-corrected chi connectivity index (χ1v) is 7.74. The smallest absolute Gasteiger partial charge is 0.127 e. The van der Waals surface area contributed by atoms with Crippen LogP contribution >= 0.6 is 0 Å². The molecule has 118 valence electrons. The van der Waals surface area contributed by atoms with E-state index in [4.69, 9.17) is 4.74 Å². The van der Waals surface area contributed by atoms with Gasteiger partial charge >= 0.3 is 0 Å². The monoisotopic (exact) mass is 300 g/mol. The number of imidazole rings is 1. The van der Waals surface area contributed by atoms with Crippen LogP contribution in [-0.4, -0.2) is 41.2 Å². The molecule has 1 saturated heterocycles. The molecule has 22 heavy (non-hydrogen) atoms. The predicted octanol–water partition coefficient (Wildman–Crippen LogP) is 1.88. The van der Waals surface area contributed by atoms with Crippen molar-refractivity contribution in [1.82, 2.24) is 19.8 Å². The summed E-state index contributed by atoms with van der Waals surface area (Å²) >= 11 is 0. The Labute approximate surface area is 131 Å². The lowest BCUT2D eigenvalue weighted by Gasteiger charge is -2.35. The number of ether oxygens (including phenoxy) is 1. The average Bonchev–Trinajstić information content (AvgIpc) is 2.96. The van der Waals surface area contributed by atoms with E-state index in [2.05, 4.69) is 51.9 Å². The molecular weight excluding hydrogens is 276 g/mol. The van der Waals surface area contributed by atoms with Crippen LogP contribution in [0.2, 0.25) is 0 Å². The molecule has 1 aliphatic heterocycles. The van der Waals surface area contributed by atoms with Crippen molar-refractivity contribution in [2.24, 2.45) is 7.05 Å². The van der Waals surface area contributed by atoms with Crippen molar-refractivity contribution in [3.8, 4) is 5.75 Å². The van der Waals surface area contributed by atoms with E-state index in [9.17, 15) is 0 Å². The van der Waals surface area contributed by atoms with Crippen LogP contribution in [0.1, 0.15) is 23.0 Å². The number of benzene rings is 1. The molecule has 5 nitrogen and oxygen atoms in total. The second-order valence-electron chi connectivity index (χ2n) is 5.89. The summed E-state index contributed by atoms with van der Waals surface area (Å²) in [6.45, 7) is 5.96. The summed E-state index contributed by atoms with van der Waals surface area (Å²) in [6, 6.07) is 6.77. The second kappa shape index (κ2) is 6.50. The Bertz CT molecular complexity index is 637. The zero-order valence-corrected chi connectivity index (χ0v) is 13.5. The van der Waals surface area contributed by atoms with Crippen LogP contribution in [0.3, 0.4) is 0 Å². The number of nitrogens with one attached hydrogen (secondary N) is 1. The number of nitrogens with zero attached hydrogens (tertiary/aromatic N) is 3. The van der Waals surface area contributed by atoms with Crippen LogP contribution in [0.4, 0.5) is 0 Å². The summed E-state index contributed by atoms with van der Waals surface area (Å²) in [5, 5.41) is 3.48. The first-order valence-electron chi connectivity index (χ1n) is 7.74. The van der Waals surface area contributed by atoms with Gasteiger partial charge in [-0.2, -0.15) is 0 Å². The number of piperazine rings is 1. The van der Waals surface area contributed by atoms with Gasteiger partial charge in [-0.05, 0) is 24.1 Å². The molecule has 1 fully saturated rings. The van der Waals surface area contributed by atoms with E-state index in [1.165, 1.54) is 11.1 Å². The standard InChI is InChI=1S/C17H24N4O/c1-13-4-5-14(10-16(13)22-3)12-21-9-6-18-11-15(21)17-19-7-8-20(17)2/h4-5,7-8,10,15,18H,6,9,11-12H2,1-3H3. The maximum atomic E-state index is 5.45. The number of aromatic nitrogens is 2. The number of hydrogen-bond donors (Lipinski definition) is 1. The molecule has 2 heterocycles. The largest absolute Gasteiger partial charge is 0.496 e. The Kier molecular flexibility index (Phi) is 4.45. The number of methoxy groups -OCH3 is 1. The van der Waals surface area contributed by atoms with Gasteiger partial charge in [0.15, 0.2) is 0 Å². The Morgan fingerprint density at radius 1 is 1.41 bits per heavy atom. The zero-order valence-electron chi connectivity index (χ0n) is 13.5. The minimum absolute atomic E-state index is 0.307. The van der Waals surface area contributed by atoms with Crippen molar-refractivity contribution in [1.29, 1.82) is 0 Å². The highest BCUT2D eigenvalue weighted by Crippen LogP contribution is 2.25. The minimum atomic E-state index is 0.307. The van der Waals surface area contributed by atoms with Crippen molar-refractivity contribution < 1.29 is 4.74 Å². The Hall–Kier alpha value is -1.85. The maximum Gasteiger partial charge on any atom is 0.127 e. The Balaban J connectivity index is 1.81. The lowest BCUT2D eigenvalue weighted by molar-refractivity contribution is 0.144. The third-order valence-corrected chi connectivity index (χ3v) is 4.37. The van der Waals surface area contributed by atoms with Gasteiger partial charge in [-0.1, -0.05) is 12.1 Å². The van der Waals surface area contributed by atoms with Crippen LogP contribution in [0.25, 0.3) is 0 Å². The SMILES string of the molecule is COc1cc(CN2CCNCC2c2nccn2C)ccc1C. The Morgan fingerprint density at radius 3 is 3.00 bits per heavy atom. The van der Waals surface area contributed by atoms with Crippen molar-refractivity contribution in [2.75, 3.05) is 26.7 Å². The molecule has 0 aliphatic carbocycles. The third-order valence-electron chi connectivity index (χ3n) is 4.37. The van der Waals surface area contributed by atoms with E-state index in [-0.39, 0.29) is 0 Å². The average molecular weight is 300 g/mol. The molecule has 1 aromatic heterocycles. The maximum absolute atomic E-state index is 5.45.